The average molecular weight is 536 g/mol. The van der Waals surface area contributed by atoms with Gasteiger partial charge in [-0.1, -0.05) is 22.5 Å². The number of nitrogens with zero attached hydrogens (tertiary/aromatic N) is 3. The second-order valence-corrected chi connectivity index (χ2v) is 8.99. The number of hydrogen-bond donors (Lipinski definition) is 2. The zero-order valence-corrected chi connectivity index (χ0v) is 21.2. The summed E-state index contributed by atoms with van der Waals surface area (Å²) in [4.78, 5) is 35.0. The van der Waals surface area contributed by atoms with E-state index < -0.39 is 0 Å². The number of aromatic nitrogens is 1. The lowest BCUT2D eigenvalue weighted by Crippen LogP contribution is -2.50. The number of methoxy groups -OCH3 is 1. The minimum atomic E-state index is 0.0125. The van der Waals surface area contributed by atoms with E-state index in [0.717, 1.165) is 56.6 Å². The topological polar surface area (TPSA) is 110 Å². The Morgan fingerprint density at radius 1 is 1.32 bits per heavy atom. The molecule has 1 aliphatic heterocycles. The van der Waals surface area contributed by atoms with Crippen LogP contribution in [0.5, 0.6) is 0 Å². The fraction of sp³-hybridized carbons (Fsp3) is 0.458. The van der Waals surface area contributed by atoms with Crippen LogP contribution < -0.4 is 11.1 Å². The van der Waals surface area contributed by atoms with Crippen molar-refractivity contribution in [3.05, 3.63) is 47.1 Å². The van der Waals surface area contributed by atoms with Crippen LogP contribution in [0, 0.1) is 5.92 Å². The summed E-state index contributed by atoms with van der Waals surface area (Å²) in [5.41, 5.74) is 6.69. The van der Waals surface area contributed by atoms with Crippen LogP contribution >= 0.6 is 15.9 Å². The first-order chi connectivity index (χ1) is 16.5. The molecule has 186 valence electrons. The summed E-state index contributed by atoms with van der Waals surface area (Å²) >= 11 is 3.61. The van der Waals surface area contributed by atoms with Crippen LogP contribution in [0.15, 0.2) is 41.5 Å². The van der Waals surface area contributed by atoms with Gasteiger partial charge in [0.2, 0.25) is 18.7 Å². The number of ether oxygens (including phenoxy) is 1. The zero-order valence-electron chi connectivity index (χ0n) is 19.6. The van der Waals surface area contributed by atoms with Crippen molar-refractivity contribution in [3.63, 3.8) is 0 Å². The summed E-state index contributed by atoms with van der Waals surface area (Å²) in [5, 5.41) is 3.99. The molecule has 1 aromatic carbocycles. The van der Waals surface area contributed by atoms with Crippen molar-refractivity contribution < 1.29 is 19.1 Å². The first-order valence-electron chi connectivity index (χ1n) is 11.2. The van der Waals surface area contributed by atoms with Crippen molar-refractivity contribution in [1.29, 1.82) is 0 Å². The number of nitrogens with two attached hydrogens (primary N) is 1. The van der Waals surface area contributed by atoms with Crippen LogP contribution in [0.2, 0.25) is 0 Å². The monoisotopic (exact) mass is 535 g/mol. The minimum absolute atomic E-state index is 0.0125. The fourth-order valence-electron chi connectivity index (χ4n) is 4.08. The molecule has 2 heterocycles. The molecule has 9 nitrogen and oxygen atoms in total. The van der Waals surface area contributed by atoms with Gasteiger partial charge in [-0.05, 0) is 36.3 Å². The number of primary amides is 1. The summed E-state index contributed by atoms with van der Waals surface area (Å²) in [6, 6.07) is 6.42. The maximum atomic E-state index is 11.7. The molecule has 0 saturated carbocycles. The Labute approximate surface area is 209 Å². The SMILES string of the molecule is C=CC(=O)N1CC(Cn2cc(CCN(CCNC=O)CCOC)c3cc(Br)ccc32)C1.NC=O. The molecular weight excluding hydrogens is 502 g/mol. The first-order valence-corrected chi connectivity index (χ1v) is 12.0. The molecule has 0 radical (unpaired) electrons. The maximum absolute atomic E-state index is 11.7. The van der Waals surface area contributed by atoms with Crippen LogP contribution in [-0.2, 0) is 32.1 Å². The molecule has 0 aliphatic carbocycles. The highest BCUT2D eigenvalue weighted by molar-refractivity contribution is 9.10. The third-order valence-electron chi connectivity index (χ3n) is 5.79. The number of likely N-dealkylation sites (tertiary alicyclic amines) is 1. The fourth-order valence-corrected chi connectivity index (χ4v) is 4.44. The normalized spacial score (nSPS) is 13.2. The van der Waals surface area contributed by atoms with Crippen LogP contribution in [-0.4, -0.2) is 86.1 Å². The highest BCUT2D eigenvalue weighted by atomic mass is 79.9. The van der Waals surface area contributed by atoms with Crippen LogP contribution in [0.1, 0.15) is 5.56 Å². The standard InChI is InChI=1S/C23H31BrN4O3.CH3NO/c1-3-23(30)28-14-18(15-28)13-27-16-19(21-12-20(24)4-5-22(21)27)6-8-26(10-11-31-2)9-7-25-17-29;2-1-3/h3-5,12,16-18H,1,6-11,13-15H2,2H3,(H,25,29);1H,(H2,2,3). The second kappa shape index (κ2) is 14.5. The average Bonchev–Trinajstić information content (AvgIpc) is 3.14. The highest BCUT2D eigenvalue weighted by Crippen LogP contribution is 2.28. The van der Waals surface area contributed by atoms with Crippen LogP contribution in [0.3, 0.4) is 0 Å². The molecule has 1 aliphatic rings. The summed E-state index contributed by atoms with van der Waals surface area (Å²) in [6.45, 7) is 9.83. The Bertz CT molecular complexity index is 958. The van der Waals surface area contributed by atoms with Gasteiger partial charge in [0.25, 0.3) is 0 Å². The third-order valence-corrected chi connectivity index (χ3v) is 6.28. The van der Waals surface area contributed by atoms with Gasteiger partial charge >= 0.3 is 0 Å². The predicted molar refractivity (Wildman–Crippen MR) is 136 cm³/mol. The molecule has 3 amide bonds. The molecule has 0 bridgehead atoms. The number of carbonyl (C=O) groups is 3. The van der Waals surface area contributed by atoms with Crippen molar-refractivity contribution in [2.75, 3.05) is 53.0 Å². The Morgan fingerprint density at radius 2 is 2.06 bits per heavy atom. The van der Waals surface area contributed by atoms with Gasteiger partial charge < -0.3 is 25.3 Å². The summed E-state index contributed by atoms with van der Waals surface area (Å²) in [7, 11) is 1.71. The van der Waals surface area contributed by atoms with Crippen LogP contribution in [0.25, 0.3) is 10.9 Å². The number of rotatable bonds is 13. The van der Waals surface area contributed by atoms with Crippen LogP contribution in [0.4, 0.5) is 0 Å². The lowest BCUT2D eigenvalue weighted by Gasteiger charge is -2.39. The molecule has 1 saturated heterocycles. The molecule has 10 heteroatoms. The smallest absolute Gasteiger partial charge is 0.245 e. The van der Waals surface area contributed by atoms with Crippen molar-refractivity contribution in [1.82, 2.24) is 19.7 Å². The van der Waals surface area contributed by atoms with Crippen molar-refractivity contribution in [2.24, 2.45) is 11.7 Å². The van der Waals surface area contributed by atoms with Gasteiger partial charge in [0.15, 0.2) is 0 Å². The van der Waals surface area contributed by atoms with Gasteiger partial charge in [-0.15, -0.1) is 0 Å². The zero-order chi connectivity index (χ0) is 24.9. The van der Waals surface area contributed by atoms with Crippen molar-refractivity contribution in [2.45, 2.75) is 13.0 Å². The molecule has 0 unspecified atom stereocenters. The molecule has 1 aromatic heterocycles. The quantitative estimate of drug-likeness (QED) is 0.229. The molecule has 0 spiro atoms. The van der Waals surface area contributed by atoms with Gasteiger partial charge in [0.1, 0.15) is 0 Å². The second-order valence-electron chi connectivity index (χ2n) is 8.07. The molecule has 1 fully saturated rings. The maximum Gasteiger partial charge on any atom is 0.245 e. The number of nitrogens with one attached hydrogen (secondary N) is 1. The molecule has 2 aromatic rings. The highest BCUT2D eigenvalue weighted by Gasteiger charge is 2.29. The van der Waals surface area contributed by atoms with E-state index in [1.165, 1.54) is 22.5 Å². The lowest BCUT2D eigenvalue weighted by atomic mass is 10.00. The first kappa shape index (κ1) is 27.6. The van der Waals surface area contributed by atoms with E-state index in [9.17, 15) is 9.59 Å². The molecule has 0 atom stereocenters. The number of benzene rings is 1. The van der Waals surface area contributed by atoms with E-state index in [0.29, 0.717) is 19.1 Å². The Hall–Kier alpha value is -2.69. The van der Waals surface area contributed by atoms with Crippen molar-refractivity contribution >= 4 is 45.6 Å². The van der Waals surface area contributed by atoms with Gasteiger partial charge in [-0.25, -0.2) is 0 Å². The Balaban J connectivity index is 0.00000129. The predicted octanol–water partition coefficient (Wildman–Crippen LogP) is 1.39. The van der Waals surface area contributed by atoms with Gasteiger partial charge in [0.05, 0.1) is 6.61 Å². The summed E-state index contributed by atoms with van der Waals surface area (Å²) in [5.74, 6) is 0.474. The lowest BCUT2D eigenvalue weighted by molar-refractivity contribution is -0.132. The third kappa shape index (κ3) is 7.96. The Kier molecular flexibility index (Phi) is 11.8. The van der Waals surface area contributed by atoms with Crippen molar-refractivity contribution in [3.8, 4) is 0 Å². The number of fused-ring (bicyclic) bond motifs is 1. The molecule has 3 rings (SSSR count). The number of hydrogen-bond acceptors (Lipinski definition) is 5. The van der Waals surface area contributed by atoms with E-state index in [1.807, 2.05) is 4.90 Å². The molecular formula is C24H34BrN5O4. The summed E-state index contributed by atoms with van der Waals surface area (Å²) < 4.78 is 8.63. The van der Waals surface area contributed by atoms with E-state index >= 15 is 0 Å². The largest absolute Gasteiger partial charge is 0.383 e. The van der Waals surface area contributed by atoms with E-state index in [4.69, 9.17) is 9.53 Å². The van der Waals surface area contributed by atoms with Gasteiger partial charge in [0, 0.05) is 80.4 Å². The van der Waals surface area contributed by atoms with E-state index in [-0.39, 0.29) is 12.3 Å². The van der Waals surface area contributed by atoms with Gasteiger partial charge in [-0.3, -0.25) is 19.3 Å². The van der Waals surface area contributed by atoms with Gasteiger partial charge in [-0.2, -0.15) is 0 Å². The molecule has 34 heavy (non-hydrogen) atoms. The number of halogens is 1. The number of amides is 3. The van der Waals surface area contributed by atoms with E-state index in [2.05, 4.69) is 67.4 Å². The van der Waals surface area contributed by atoms with E-state index in [1.54, 1.807) is 7.11 Å². The number of carbonyl (C=O) groups excluding carboxylic acids is 3. The minimum Gasteiger partial charge on any atom is -0.383 e. The Morgan fingerprint density at radius 3 is 2.71 bits per heavy atom. The molecule has 3 N–H and O–H groups in total. The summed E-state index contributed by atoms with van der Waals surface area (Å²) in [6.07, 6.45) is 5.55.